The van der Waals surface area contributed by atoms with Crippen LogP contribution in [0.15, 0.2) is 33.5 Å². The van der Waals surface area contributed by atoms with E-state index in [1.54, 1.807) is 18.2 Å². The van der Waals surface area contributed by atoms with Crippen LogP contribution in [-0.2, 0) is 16.0 Å². The van der Waals surface area contributed by atoms with Gasteiger partial charge in [0.1, 0.15) is 16.9 Å². The first-order valence-corrected chi connectivity index (χ1v) is 9.92. The summed E-state index contributed by atoms with van der Waals surface area (Å²) in [6.45, 7) is 7.89. The monoisotopic (exact) mass is 403 g/mol. The fourth-order valence-electron chi connectivity index (χ4n) is 2.82. The number of fused-ring (bicyclic) bond motifs is 1. The number of carbonyl (C=O) groups is 2. The molecule has 0 fully saturated rings. The minimum atomic E-state index is -0.517. The highest BCUT2D eigenvalue weighted by molar-refractivity contribution is 5.82. The number of esters is 1. The van der Waals surface area contributed by atoms with Crippen LogP contribution >= 0.6 is 0 Å². The predicted octanol–water partition coefficient (Wildman–Crippen LogP) is 4.35. The largest absolute Gasteiger partial charge is 0.444 e. The summed E-state index contributed by atoms with van der Waals surface area (Å²) in [4.78, 5) is 35.2. The Hall–Kier alpha value is -2.83. The van der Waals surface area contributed by atoms with E-state index in [2.05, 4.69) is 5.32 Å². The first-order valence-electron chi connectivity index (χ1n) is 9.92. The number of amides is 1. The van der Waals surface area contributed by atoms with Gasteiger partial charge in [-0.25, -0.2) is 9.59 Å². The Kier molecular flexibility index (Phi) is 7.82. The smallest absolute Gasteiger partial charge is 0.407 e. The molecule has 0 radical (unpaired) electrons. The highest BCUT2D eigenvalue weighted by atomic mass is 16.6. The number of unbranched alkanes of at least 4 members (excludes halogenated alkanes) is 2. The Bertz CT molecular complexity index is 910. The number of nitrogens with one attached hydrogen (secondary N) is 1. The molecule has 0 spiro atoms. The zero-order valence-corrected chi connectivity index (χ0v) is 17.5. The van der Waals surface area contributed by atoms with Crippen LogP contribution in [0.1, 0.15) is 58.9 Å². The molecule has 7 nitrogen and oxygen atoms in total. The van der Waals surface area contributed by atoms with Crippen molar-refractivity contribution in [3.05, 3.63) is 40.2 Å². The summed E-state index contributed by atoms with van der Waals surface area (Å²) in [5, 5.41) is 3.52. The van der Waals surface area contributed by atoms with E-state index in [9.17, 15) is 14.4 Å². The Morgan fingerprint density at radius 2 is 1.86 bits per heavy atom. The van der Waals surface area contributed by atoms with E-state index >= 15 is 0 Å². The van der Waals surface area contributed by atoms with Crippen LogP contribution in [0.4, 0.5) is 4.79 Å². The Morgan fingerprint density at radius 1 is 1.10 bits per heavy atom. The zero-order valence-electron chi connectivity index (χ0n) is 17.5. The van der Waals surface area contributed by atoms with Crippen LogP contribution in [0, 0.1) is 0 Å². The van der Waals surface area contributed by atoms with Gasteiger partial charge < -0.3 is 19.2 Å². The van der Waals surface area contributed by atoms with Crippen LogP contribution < -0.4 is 15.7 Å². The summed E-state index contributed by atoms with van der Waals surface area (Å²) in [5.74, 6) is 0.00365. The molecule has 1 N–H and O–H groups in total. The maximum atomic E-state index is 12.0. The molecule has 0 atom stereocenters. The average molecular weight is 403 g/mol. The number of carbonyl (C=O) groups excluding carboxylic acids is 2. The van der Waals surface area contributed by atoms with Gasteiger partial charge in [0.15, 0.2) is 0 Å². The molecule has 1 heterocycles. The fraction of sp³-hybridized carbons (Fsp3) is 0.500. The molecule has 1 amide bonds. The van der Waals surface area contributed by atoms with Crippen molar-refractivity contribution in [3.8, 4) is 5.75 Å². The van der Waals surface area contributed by atoms with Crippen molar-refractivity contribution in [2.45, 2.75) is 65.4 Å². The molecule has 0 aliphatic heterocycles. The molecule has 0 bridgehead atoms. The van der Waals surface area contributed by atoms with Gasteiger partial charge in [-0.3, -0.25) is 4.79 Å². The molecular weight excluding hydrogens is 374 g/mol. The first kappa shape index (κ1) is 22.5. The lowest BCUT2D eigenvalue weighted by Gasteiger charge is -2.19. The second-order valence-corrected chi connectivity index (χ2v) is 7.82. The standard InChI is InChI=1S/C22H29NO6/c1-5-15-13-20(25)28-18-14-16(10-11-17(15)18)27-19(24)9-7-6-8-12-23-21(26)29-22(2,3)4/h10-11,13-14H,5-9,12H2,1-4H3,(H,23,26). The molecule has 1 aromatic carbocycles. The quantitative estimate of drug-likeness (QED) is 0.305. The van der Waals surface area contributed by atoms with Crippen molar-refractivity contribution in [2.75, 3.05) is 6.54 Å². The van der Waals surface area contributed by atoms with Crippen molar-refractivity contribution in [2.24, 2.45) is 0 Å². The highest BCUT2D eigenvalue weighted by Gasteiger charge is 2.15. The summed E-state index contributed by atoms with van der Waals surface area (Å²) in [5.41, 5.74) is 0.372. The lowest BCUT2D eigenvalue weighted by molar-refractivity contribution is -0.134. The Labute approximate surface area is 170 Å². The number of benzene rings is 1. The van der Waals surface area contributed by atoms with Crippen molar-refractivity contribution in [3.63, 3.8) is 0 Å². The maximum Gasteiger partial charge on any atom is 0.407 e. The lowest BCUT2D eigenvalue weighted by Crippen LogP contribution is -2.33. The molecular formula is C22H29NO6. The van der Waals surface area contributed by atoms with Crippen LogP contribution in [0.2, 0.25) is 0 Å². The molecule has 0 aliphatic rings. The van der Waals surface area contributed by atoms with Crippen LogP contribution in [0.25, 0.3) is 11.0 Å². The molecule has 2 aromatic rings. The molecule has 0 unspecified atom stereocenters. The van der Waals surface area contributed by atoms with Gasteiger partial charge in [-0.15, -0.1) is 0 Å². The Balaban J connectivity index is 1.74. The maximum absolute atomic E-state index is 12.0. The molecule has 1 aromatic heterocycles. The molecule has 2 rings (SSSR count). The van der Waals surface area contributed by atoms with Crippen molar-refractivity contribution in [1.29, 1.82) is 0 Å². The van der Waals surface area contributed by atoms with Crippen LogP contribution in [0.5, 0.6) is 5.75 Å². The lowest BCUT2D eigenvalue weighted by atomic mass is 10.1. The van der Waals surface area contributed by atoms with Crippen molar-refractivity contribution in [1.82, 2.24) is 5.32 Å². The number of rotatable bonds is 8. The van der Waals surface area contributed by atoms with Gasteiger partial charge in [0.05, 0.1) is 0 Å². The van der Waals surface area contributed by atoms with E-state index in [0.29, 0.717) is 30.7 Å². The highest BCUT2D eigenvalue weighted by Crippen LogP contribution is 2.23. The van der Waals surface area contributed by atoms with Gasteiger partial charge in [-0.1, -0.05) is 13.3 Å². The van der Waals surface area contributed by atoms with E-state index in [1.807, 2.05) is 27.7 Å². The van der Waals surface area contributed by atoms with Gasteiger partial charge >= 0.3 is 17.7 Å². The fourth-order valence-corrected chi connectivity index (χ4v) is 2.82. The summed E-state index contributed by atoms with van der Waals surface area (Å²) >= 11 is 0. The third-order valence-corrected chi connectivity index (χ3v) is 4.14. The van der Waals surface area contributed by atoms with E-state index in [-0.39, 0.29) is 12.4 Å². The minimum absolute atomic E-state index is 0.267. The molecule has 0 saturated heterocycles. The van der Waals surface area contributed by atoms with Crippen molar-refractivity contribution < 1.29 is 23.5 Å². The predicted molar refractivity (Wildman–Crippen MR) is 110 cm³/mol. The molecule has 0 aliphatic carbocycles. The third kappa shape index (κ3) is 7.60. The van der Waals surface area contributed by atoms with Crippen molar-refractivity contribution >= 4 is 23.0 Å². The zero-order chi connectivity index (χ0) is 21.4. The van der Waals surface area contributed by atoms with Gasteiger partial charge in [-0.2, -0.15) is 0 Å². The topological polar surface area (TPSA) is 94.8 Å². The van der Waals surface area contributed by atoms with Crippen LogP contribution in [0.3, 0.4) is 0 Å². The van der Waals surface area contributed by atoms with Crippen LogP contribution in [-0.4, -0.2) is 24.2 Å². The van der Waals surface area contributed by atoms with Gasteiger partial charge in [0, 0.05) is 30.5 Å². The van der Waals surface area contributed by atoms with Gasteiger partial charge in [0.25, 0.3) is 0 Å². The van der Waals surface area contributed by atoms with Gasteiger partial charge in [-0.05, 0) is 57.7 Å². The number of hydrogen-bond acceptors (Lipinski definition) is 6. The van der Waals surface area contributed by atoms with Gasteiger partial charge in [0.2, 0.25) is 0 Å². The molecule has 29 heavy (non-hydrogen) atoms. The van der Waals surface area contributed by atoms with E-state index in [4.69, 9.17) is 13.9 Å². The van der Waals surface area contributed by atoms with E-state index < -0.39 is 17.3 Å². The SMILES string of the molecule is CCc1cc(=O)oc2cc(OC(=O)CCCCCNC(=O)OC(C)(C)C)ccc12. The second kappa shape index (κ2) is 10.1. The number of hydrogen-bond donors (Lipinski definition) is 1. The molecule has 158 valence electrons. The van der Waals surface area contributed by atoms with E-state index in [1.165, 1.54) is 6.07 Å². The summed E-state index contributed by atoms with van der Waals surface area (Å²) < 4.78 is 15.7. The normalized spacial score (nSPS) is 11.3. The number of alkyl carbamates (subject to hydrolysis) is 1. The van der Waals surface area contributed by atoms with E-state index in [0.717, 1.165) is 23.8 Å². The number of aryl methyl sites for hydroxylation is 1. The first-order chi connectivity index (χ1) is 13.7. The third-order valence-electron chi connectivity index (χ3n) is 4.14. The second-order valence-electron chi connectivity index (χ2n) is 7.82. The molecule has 7 heteroatoms. The summed E-state index contributed by atoms with van der Waals surface area (Å²) in [6, 6.07) is 6.54. The summed E-state index contributed by atoms with van der Waals surface area (Å²) in [6.07, 6.45) is 2.71. The summed E-state index contributed by atoms with van der Waals surface area (Å²) in [7, 11) is 0. The minimum Gasteiger partial charge on any atom is -0.444 e. The molecule has 0 saturated carbocycles. The Morgan fingerprint density at radius 3 is 2.55 bits per heavy atom. The average Bonchev–Trinajstić information content (AvgIpc) is 2.62. The number of ether oxygens (including phenoxy) is 2.